The summed E-state index contributed by atoms with van der Waals surface area (Å²) in [6.45, 7) is 0.429. The first-order valence-electron chi connectivity index (χ1n) is 7.33. The van der Waals surface area contributed by atoms with E-state index in [1.807, 2.05) is 30.3 Å². The highest BCUT2D eigenvalue weighted by molar-refractivity contribution is 5.89. The molecule has 3 aromatic rings. The van der Waals surface area contributed by atoms with Gasteiger partial charge in [0, 0.05) is 18.3 Å². The van der Waals surface area contributed by atoms with Crippen LogP contribution in [-0.4, -0.2) is 25.9 Å². The van der Waals surface area contributed by atoms with Gasteiger partial charge in [0.2, 0.25) is 11.8 Å². The number of nitrogens with zero attached hydrogens (tertiary/aromatic N) is 4. The number of carbonyl (C=O) groups excluding carboxylic acids is 1. The summed E-state index contributed by atoms with van der Waals surface area (Å²) in [6, 6.07) is 15.0. The van der Waals surface area contributed by atoms with E-state index in [0.29, 0.717) is 17.1 Å². The maximum absolute atomic E-state index is 12.0. The Labute approximate surface area is 142 Å². The van der Waals surface area contributed by atoms with Crippen molar-refractivity contribution in [1.82, 2.24) is 9.71 Å². The van der Waals surface area contributed by atoms with Crippen LogP contribution in [0, 0.1) is 0 Å². The van der Waals surface area contributed by atoms with Crippen LogP contribution in [-0.2, 0) is 6.54 Å². The van der Waals surface area contributed by atoms with E-state index in [4.69, 9.17) is 4.84 Å². The van der Waals surface area contributed by atoms with Crippen LogP contribution in [0.15, 0.2) is 71.0 Å². The smallest absolute Gasteiger partial charge is 0.365 e. The molecule has 8 nitrogen and oxygen atoms in total. The van der Waals surface area contributed by atoms with Gasteiger partial charge in [-0.25, -0.2) is 9.78 Å². The summed E-state index contributed by atoms with van der Waals surface area (Å²) < 4.78 is 0.607. The molecule has 126 valence electrons. The Morgan fingerprint density at radius 3 is 2.40 bits per heavy atom. The Morgan fingerprint density at radius 2 is 1.76 bits per heavy atom. The highest BCUT2D eigenvalue weighted by Gasteiger charge is 2.14. The molecule has 2 N–H and O–H groups in total. The number of rotatable bonds is 5. The molecule has 0 atom stereocenters. The highest BCUT2D eigenvalue weighted by Crippen LogP contribution is 2.19. The van der Waals surface area contributed by atoms with Gasteiger partial charge in [-0.3, -0.25) is 0 Å². The minimum Gasteiger partial charge on any atom is -0.492 e. The number of azo groups is 1. The lowest BCUT2D eigenvalue weighted by Gasteiger charge is -2.06. The molecule has 0 saturated heterocycles. The minimum atomic E-state index is -0.790. The van der Waals surface area contributed by atoms with Crippen molar-refractivity contribution in [2.24, 2.45) is 10.2 Å². The number of aromatic hydroxyl groups is 2. The van der Waals surface area contributed by atoms with Crippen LogP contribution >= 0.6 is 0 Å². The van der Waals surface area contributed by atoms with Crippen LogP contribution in [0.25, 0.3) is 0 Å². The lowest BCUT2D eigenvalue weighted by atomic mass is 10.2. The van der Waals surface area contributed by atoms with Gasteiger partial charge >= 0.3 is 5.97 Å². The van der Waals surface area contributed by atoms with Crippen LogP contribution < -0.4 is 4.84 Å². The van der Waals surface area contributed by atoms with Crippen LogP contribution in [0.3, 0.4) is 0 Å². The molecule has 0 saturated carbocycles. The molecular formula is C17H14N4O4. The SMILES string of the molecule is O=C(On1c(O)ccc1O)c1ccc(N=NCc2ccccc2)nc1. The second kappa shape index (κ2) is 7.26. The molecule has 2 aromatic heterocycles. The third-order valence-corrected chi connectivity index (χ3v) is 3.22. The van der Waals surface area contributed by atoms with E-state index in [-0.39, 0.29) is 5.56 Å². The molecule has 0 unspecified atom stereocenters. The van der Waals surface area contributed by atoms with E-state index in [2.05, 4.69) is 15.2 Å². The van der Waals surface area contributed by atoms with E-state index >= 15 is 0 Å². The number of aromatic nitrogens is 2. The molecule has 1 aromatic carbocycles. The average Bonchev–Trinajstić information content (AvgIpc) is 2.95. The fourth-order valence-electron chi connectivity index (χ4n) is 1.97. The monoisotopic (exact) mass is 338 g/mol. The van der Waals surface area contributed by atoms with Gasteiger partial charge in [-0.05, 0) is 17.7 Å². The minimum absolute atomic E-state index is 0.134. The molecule has 25 heavy (non-hydrogen) atoms. The molecule has 0 fully saturated rings. The standard InChI is InChI=1S/C17H14N4O4/c22-15-8-9-16(23)21(15)25-17(24)13-6-7-14(18-11-13)20-19-10-12-4-2-1-3-5-12/h1-9,11,22-23H,10H2. The van der Waals surface area contributed by atoms with Crippen LogP contribution in [0.5, 0.6) is 11.8 Å². The van der Waals surface area contributed by atoms with E-state index < -0.39 is 17.7 Å². The molecule has 3 rings (SSSR count). The normalized spacial score (nSPS) is 10.9. The van der Waals surface area contributed by atoms with Crippen molar-refractivity contribution in [1.29, 1.82) is 0 Å². The van der Waals surface area contributed by atoms with Gasteiger partial charge in [0.15, 0.2) is 5.82 Å². The quantitative estimate of drug-likeness (QED) is 0.695. The van der Waals surface area contributed by atoms with Crippen molar-refractivity contribution in [3.63, 3.8) is 0 Å². The Kier molecular flexibility index (Phi) is 4.70. The molecule has 8 heteroatoms. The summed E-state index contributed by atoms with van der Waals surface area (Å²) in [7, 11) is 0. The van der Waals surface area contributed by atoms with Crippen molar-refractivity contribution >= 4 is 11.8 Å². The first-order chi connectivity index (χ1) is 12.1. The van der Waals surface area contributed by atoms with Gasteiger partial charge in [0.1, 0.15) is 0 Å². The van der Waals surface area contributed by atoms with Crippen molar-refractivity contribution in [3.05, 3.63) is 71.9 Å². The van der Waals surface area contributed by atoms with E-state index in [0.717, 1.165) is 5.56 Å². The molecule has 0 amide bonds. The summed E-state index contributed by atoms with van der Waals surface area (Å²) >= 11 is 0. The zero-order valence-corrected chi connectivity index (χ0v) is 13.0. The number of pyridine rings is 1. The zero-order chi connectivity index (χ0) is 17.6. The highest BCUT2D eigenvalue weighted by atomic mass is 16.7. The lowest BCUT2D eigenvalue weighted by Crippen LogP contribution is -2.19. The average molecular weight is 338 g/mol. The van der Waals surface area contributed by atoms with Gasteiger partial charge in [0.05, 0.1) is 12.1 Å². The van der Waals surface area contributed by atoms with Gasteiger partial charge in [-0.15, -0.1) is 9.84 Å². The lowest BCUT2D eigenvalue weighted by molar-refractivity contribution is 0.0381. The molecule has 0 aliphatic carbocycles. The molecule has 0 aliphatic rings. The second-order valence-corrected chi connectivity index (χ2v) is 5.01. The molecule has 0 spiro atoms. The van der Waals surface area contributed by atoms with Crippen LogP contribution in [0.4, 0.5) is 5.82 Å². The van der Waals surface area contributed by atoms with Gasteiger partial charge in [0.25, 0.3) is 0 Å². The first kappa shape index (κ1) is 16.2. The Bertz CT molecular complexity index is 869. The Morgan fingerprint density at radius 1 is 1.04 bits per heavy atom. The van der Waals surface area contributed by atoms with Crippen molar-refractivity contribution in [2.75, 3.05) is 0 Å². The maximum atomic E-state index is 12.0. The summed E-state index contributed by atoms with van der Waals surface area (Å²) in [6.07, 6.45) is 1.27. The second-order valence-electron chi connectivity index (χ2n) is 5.01. The van der Waals surface area contributed by atoms with E-state index in [1.54, 1.807) is 0 Å². The van der Waals surface area contributed by atoms with Crippen LogP contribution in [0.1, 0.15) is 15.9 Å². The van der Waals surface area contributed by atoms with Crippen molar-refractivity contribution in [3.8, 4) is 11.8 Å². The topological polar surface area (TPSA) is 109 Å². The van der Waals surface area contributed by atoms with Crippen molar-refractivity contribution < 1.29 is 19.8 Å². The summed E-state index contributed by atoms with van der Waals surface area (Å²) in [4.78, 5) is 20.8. The molecule has 2 heterocycles. The summed E-state index contributed by atoms with van der Waals surface area (Å²) in [5.41, 5.74) is 1.16. The van der Waals surface area contributed by atoms with Crippen molar-refractivity contribution in [2.45, 2.75) is 6.54 Å². The molecule has 0 bridgehead atoms. The Balaban J connectivity index is 1.62. The third kappa shape index (κ3) is 3.99. The predicted octanol–water partition coefficient (Wildman–Crippen LogP) is 2.85. The fourth-order valence-corrected chi connectivity index (χ4v) is 1.97. The van der Waals surface area contributed by atoms with E-state index in [9.17, 15) is 15.0 Å². The predicted molar refractivity (Wildman–Crippen MR) is 87.6 cm³/mol. The first-order valence-corrected chi connectivity index (χ1v) is 7.33. The Hall–Kier alpha value is -3.68. The largest absolute Gasteiger partial charge is 0.492 e. The van der Waals surface area contributed by atoms with E-state index in [1.165, 1.54) is 30.5 Å². The molecular weight excluding hydrogens is 324 g/mol. The molecule has 0 radical (unpaired) electrons. The number of benzene rings is 1. The maximum Gasteiger partial charge on any atom is 0.365 e. The van der Waals surface area contributed by atoms with Gasteiger partial charge in [-0.2, -0.15) is 5.11 Å². The van der Waals surface area contributed by atoms with Crippen LogP contribution in [0.2, 0.25) is 0 Å². The summed E-state index contributed by atoms with van der Waals surface area (Å²) in [5.74, 6) is -1.24. The number of carbonyl (C=O) groups is 1. The van der Waals surface area contributed by atoms with Gasteiger partial charge < -0.3 is 15.1 Å². The summed E-state index contributed by atoms with van der Waals surface area (Å²) in [5, 5.41) is 26.9. The number of hydrogen-bond acceptors (Lipinski definition) is 7. The van der Waals surface area contributed by atoms with Gasteiger partial charge in [-0.1, -0.05) is 30.3 Å². The molecule has 0 aliphatic heterocycles. The zero-order valence-electron chi connectivity index (χ0n) is 13.0. The fraction of sp³-hybridized carbons (Fsp3) is 0.0588. The number of hydrogen-bond donors (Lipinski definition) is 2. The third-order valence-electron chi connectivity index (χ3n) is 3.22.